The van der Waals surface area contributed by atoms with Crippen molar-refractivity contribution in [3.8, 4) is 10.6 Å². The van der Waals surface area contributed by atoms with E-state index in [1.165, 1.54) is 5.56 Å². The molecule has 0 saturated carbocycles. The molecule has 4 nitrogen and oxygen atoms in total. The molecule has 1 aromatic carbocycles. The quantitative estimate of drug-likeness (QED) is 0.825. The maximum Gasteiger partial charge on any atom is 0.226 e. The summed E-state index contributed by atoms with van der Waals surface area (Å²) >= 11 is 1.55. The lowest BCUT2D eigenvalue weighted by atomic mass is 10.2. The first-order valence-electron chi connectivity index (χ1n) is 7.54. The van der Waals surface area contributed by atoms with Crippen LogP contribution in [0.3, 0.4) is 0 Å². The van der Waals surface area contributed by atoms with Gasteiger partial charge in [-0.05, 0) is 19.8 Å². The van der Waals surface area contributed by atoms with Gasteiger partial charge >= 0.3 is 0 Å². The second-order valence-corrected chi connectivity index (χ2v) is 6.25. The van der Waals surface area contributed by atoms with E-state index in [0.29, 0.717) is 19.4 Å². The van der Waals surface area contributed by atoms with E-state index in [1.807, 2.05) is 24.4 Å². The lowest BCUT2D eigenvalue weighted by Crippen LogP contribution is -2.28. The largest absolute Gasteiger partial charge is 0.393 e. The first kappa shape index (κ1) is 16.6. The van der Waals surface area contributed by atoms with Crippen LogP contribution in [0.15, 0.2) is 29.6 Å². The highest BCUT2D eigenvalue weighted by Gasteiger charge is 2.09. The van der Waals surface area contributed by atoms with Crippen LogP contribution in [0.5, 0.6) is 0 Å². The second-order valence-electron chi connectivity index (χ2n) is 5.39. The number of aliphatic hydroxyl groups is 1. The summed E-state index contributed by atoms with van der Waals surface area (Å²) in [5.74, 6) is -0.0518. The number of rotatable bonds is 7. The fourth-order valence-electron chi connectivity index (χ4n) is 2.03. The Balaban J connectivity index is 1.86. The third kappa shape index (κ3) is 4.93. The van der Waals surface area contributed by atoms with Crippen LogP contribution in [-0.2, 0) is 11.2 Å². The lowest BCUT2D eigenvalue weighted by molar-refractivity contribution is -0.120. The normalized spacial score (nSPS) is 12.1. The molecule has 0 radical (unpaired) electrons. The third-order valence-corrected chi connectivity index (χ3v) is 4.40. The van der Waals surface area contributed by atoms with Crippen molar-refractivity contribution in [3.63, 3.8) is 0 Å². The van der Waals surface area contributed by atoms with Gasteiger partial charge in [-0.2, -0.15) is 0 Å². The van der Waals surface area contributed by atoms with Crippen molar-refractivity contribution in [3.05, 3.63) is 40.9 Å². The van der Waals surface area contributed by atoms with Crippen LogP contribution < -0.4 is 5.32 Å². The Bertz CT molecular complexity index is 607. The number of hydrogen-bond acceptors (Lipinski definition) is 4. The van der Waals surface area contributed by atoms with Gasteiger partial charge in [0.15, 0.2) is 0 Å². The molecule has 0 fully saturated rings. The van der Waals surface area contributed by atoms with Crippen molar-refractivity contribution < 1.29 is 9.90 Å². The highest BCUT2D eigenvalue weighted by atomic mass is 32.1. The molecule has 0 aliphatic rings. The van der Waals surface area contributed by atoms with Crippen LogP contribution in [0.4, 0.5) is 0 Å². The Labute approximate surface area is 135 Å². The zero-order chi connectivity index (χ0) is 15.9. The molecule has 0 spiro atoms. The van der Waals surface area contributed by atoms with E-state index in [9.17, 15) is 9.90 Å². The van der Waals surface area contributed by atoms with Gasteiger partial charge < -0.3 is 10.4 Å². The molecule has 22 heavy (non-hydrogen) atoms. The molecule has 1 aromatic heterocycles. The van der Waals surface area contributed by atoms with Crippen molar-refractivity contribution in [2.75, 3.05) is 6.54 Å². The van der Waals surface area contributed by atoms with Crippen molar-refractivity contribution >= 4 is 17.2 Å². The van der Waals surface area contributed by atoms with Gasteiger partial charge in [0.05, 0.1) is 18.2 Å². The van der Waals surface area contributed by atoms with Gasteiger partial charge in [0, 0.05) is 17.5 Å². The van der Waals surface area contributed by atoms with Gasteiger partial charge in [0.25, 0.3) is 0 Å². The molecule has 118 valence electrons. The Morgan fingerprint density at radius 2 is 2.09 bits per heavy atom. The molecule has 2 rings (SSSR count). The molecule has 1 amide bonds. The number of hydrogen-bond donors (Lipinski definition) is 2. The number of benzene rings is 1. The Morgan fingerprint density at radius 1 is 1.36 bits per heavy atom. The highest BCUT2D eigenvalue weighted by Crippen LogP contribution is 2.24. The molecule has 1 heterocycles. The zero-order valence-electron chi connectivity index (χ0n) is 13.0. The molecule has 1 unspecified atom stereocenters. The molecule has 2 aromatic rings. The van der Waals surface area contributed by atoms with Gasteiger partial charge in [0.2, 0.25) is 5.91 Å². The Kier molecular flexibility index (Phi) is 6.10. The molecule has 0 aliphatic carbocycles. The summed E-state index contributed by atoms with van der Waals surface area (Å²) in [4.78, 5) is 16.4. The van der Waals surface area contributed by atoms with Crippen molar-refractivity contribution in [2.45, 2.75) is 39.2 Å². The number of aliphatic hydroxyl groups excluding tert-OH is 1. The summed E-state index contributed by atoms with van der Waals surface area (Å²) in [5.41, 5.74) is 3.08. The summed E-state index contributed by atoms with van der Waals surface area (Å²) in [6.45, 7) is 4.48. The van der Waals surface area contributed by atoms with Crippen LogP contribution in [0.25, 0.3) is 10.6 Å². The van der Waals surface area contributed by atoms with Gasteiger partial charge in [-0.25, -0.2) is 4.98 Å². The predicted molar refractivity (Wildman–Crippen MR) is 89.9 cm³/mol. The Hall–Kier alpha value is -1.72. The van der Waals surface area contributed by atoms with Gasteiger partial charge in [-0.3, -0.25) is 4.79 Å². The monoisotopic (exact) mass is 318 g/mol. The predicted octanol–water partition coefficient (Wildman–Crippen LogP) is 2.94. The molecule has 2 N–H and O–H groups in total. The summed E-state index contributed by atoms with van der Waals surface area (Å²) < 4.78 is 0. The first-order chi connectivity index (χ1) is 10.6. The molecule has 0 aliphatic heterocycles. The number of carbonyl (C=O) groups is 1. The highest BCUT2D eigenvalue weighted by molar-refractivity contribution is 7.13. The number of amides is 1. The molecular formula is C17H22N2O2S. The van der Waals surface area contributed by atoms with E-state index in [1.54, 1.807) is 11.3 Å². The standard InChI is InChI=1S/C17H22N2O2S/c1-3-15(20)8-9-18-16(21)10-14-11-22-17(19-14)13-6-4-12(2)5-7-13/h4-7,11,15,20H,3,8-10H2,1-2H3,(H,18,21). The van der Waals surface area contributed by atoms with Crippen LogP contribution >= 0.6 is 11.3 Å². The van der Waals surface area contributed by atoms with Crippen molar-refractivity contribution in [1.82, 2.24) is 10.3 Å². The number of nitrogens with zero attached hydrogens (tertiary/aromatic N) is 1. The summed E-state index contributed by atoms with van der Waals surface area (Å²) in [6.07, 6.45) is 1.24. The van der Waals surface area contributed by atoms with E-state index >= 15 is 0 Å². The number of aryl methyl sites for hydroxylation is 1. The average Bonchev–Trinajstić information content (AvgIpc) is 2.96. The van der Waals surface area contributed by atoms with E-state index in [0.717, 1.165) is 16.3 Å². The molecular weight excluding hydrogens is 296 g/mol. The van der Waals surface area contributed by atoms with E-state index < -0.39 is 0 Å². The minimum atomic E-state index is -0.340. The fraction of sp³-hybridized carbons (Fsp3) is 0.412. The van der Waals surface area contributed by atoms with Crippen molar-refractivity contribution in [1.29, 1.82) is 0 Å². The molecule has 5 heteroatoms. The van der Waals surface area contributed by atoms with Gasteiger partial charge in [0.1, 0.15) is 5.01 Å². The van der Waals surface area contributed by atoms with Crippen molar-refractivity contribution in [2.24, 2.45) is 0 Å². The van der Waals surface area contributed by atoms with Crippen LogP contribution in [-0.4, -0.2) is 28.6 Å². The van der Waals surface area contributed by atoms with Crippen LogP contribution in [0.2, 0.25) is 0 Å². The van der Waals surface area contributed by atoms with Crippen LogP contribution in [0, 0.1) is 6.92 Å². The number of nitrogens with one attached hydrogen (secondary N) is 1. The second kappa shape index (κ2) is 8.06. The van der Waals surface area contributed by atoms with Gasteiger partial charge in [-0.1, -0.05) is 36.8 Å². The molecule has 1 atom stereocenters. The van der Waals surface area contributed by atoms with E-state index in [2.05, 4.69) is 29.4 Å². The summed E-state index contributed by atoms with van der Waals surface area (Å²) in [5, 5.41) is 15.1. The number of carbonyl (C=O) groups excluding carboxylic acids is 1. The van der Waals surface area contributed by atoms with E-state index in [-0.39, 0.29) is 18.4 Å². The van der Waals surface area contributed by atoms with E-state index in [4.69, 9.17) is 0 Å². The zero-order valence-corrected chi connectivity index (χ0v) is 13.8. The van der Waals surface area contributed by atoms with Crippen LogP contribution in [0.1, 0.15) is 31.0 Å². The molecule has 0 saturated heterocycles. The third-order valence-electron chi connectivity index (χ3n) is 3.46. The lowest BCUT2D eigenvalue weighted by Gasteiger charge is -2.08. The smallest absolute Gasteiger partial charge is 0.226 e. The number of aromatic nitrogens is 1. The van der Waals surface area contributed by atoms with Gasteiger partial charge in [-0.15, -0.1) is 11.3 Å². The maximum atomic E-state index is 11.8. The fourth-order valence-corrected chi connectivity index (χ4v) is 2.85. The minimum absolute atomic E-state index is 0.0518. The first-order valence-corrected chi connectivity index (χ1v) is 8.42. The maximum absolute atomic E-state index is 11.8. The minimum Gasteiger partial charge on any atom is -0.393 e. The summed E-state index contributed by atoms with van der Waals surface area (Å²) in [6, 6.07) is 8.21. The summed E-state index contributed by atoms with van der Waals surface area (Å²) in [7, 11) is 0. The molecule has 0 bridgehead atoms. The topological polar surface area (TPSA) is 62.2 Å². The average molecular weight is 318 g/mol. The Morgan fingerprint density at radius 3 is 2.77 bits per heavy atom. The SMILES string of the molecule is CCC(O)CCNC(=O)Cc1csc(-c2ccc(C)cc2)n1. The number of thiazole rings is 1.